The molecule has 0 saturated heterocycles. The van der Waals surface area contributed by atoms with E-state index in [9.17, 15) is 9.50 Å². The van der Waals surface area contributed by atoms with Crippen LogP contribution in [0.2, 0.25) is 0 Å². The van der Waals surface area contributed by atoms with E-state index in [1.54, 1.807) is 12.3 Å². The highest BCUT2D eigenvalue weighted by atomic mass is 79.9. The first-order valence-electron chi connectivity index (χ1n) is 5.66. The molecular formula is C12H13BrFN3O2. The molecule has 0 fully saturated rings. The lowest BCUT2D eigenvalue weighted by molar-refractivity contribution is 0.0886. The average Bonchev–Trinajstić information content (AvgIpc) is 2.71. The highest BCUT2D eigenvalue weighted by Crippen LogP contribution is 2.20. The Labute approximate surface area is 118 Å². The summed E-state index contributed by atoms with van der Waals surface area (Å²) in [5.74, 6) is -0.0357. The van der Waals surface area contributed by atoms with Gasteiger partial charge in [-0.25, -0.2) is 9.07 Å². The minimum absolute atomic E-state index is 0.0504. The lowest BCUT2D eigenvalue weighted by Gasteiger charge is -2.12. The standard InChI is InChI=1S/C12H13BrFN3O2/c1-8-5-17(16-15-8)6-11(18)7-19-12-3-9(13)2-10(14)4-12/h2-5,11,18H,6-7H2,1H3. The van der Waals surface area contributed by atoms with Crippen molar-refractivity contribution in [2.75, 3.05) is 6.61 Å². The Morgan fingerprint density at radius 1 is 1.47 bits per heavy atom. The molecule has 1 aromatic carbocycles. The number of rotatable bonds is 5. The number of aliphatic hydroxyl groups is 1. The van der Waals surface area contributed by atoms with Crippen molar-refractivity contribution in [1.82, 2.24) is 15.0 Å². The Hall–Kier alpha value is -1.47. The van der Waals surface area contributed by atoms with E-state index in [0.29, 0.717) is 10.2 Å². The van der Waals surface area contributed by atoms with Crippen molar-refractivity contribution in [3.05, 3.63) is 40.4 Å². The van der Waals surface area contributed by atoms with Crippen molar-refractivity contribution in [3.63, 3.8) is 0 Å². The van der Waals surface area contributed by atoms with Crippen molar-refractivity contribution in [2.45, 2.75) is 19.6 Å². The molecule has 2 aromatic rings. The molecule has 0 aliphatic carbocycles. The fourth-order valence-electron chi connectivity index (χ4n) is 1.56. The van der Waals surface area contributed by atoms with Gasteiger partial charge >= 0.3 is 0 Å². The van der Waals surface area contributed by atoms with Crippen molar-refractivity contribution in [1.29, 1.82) is 0 Å². The van der Waals surface area contributed by atoms with E-state index in [1.807, 2.05) is 6.92 Å². The van der Waals surface area contributed by atoms with Crippen molar-refractivity contribution >= 4 is 15.9 Å². The molecular weight excluding hydrogens is 317 g/mol. The number of aliphatic hydroxyl groups excluding tert-OH is 1. The van der Waals surface area contributed by atoms with Gasteiger partial charge in [0.15, 0.2) is 0 Å². The van der Waals surface area contributed by atoms with Gasteiger partial charge in [-0.1, -0.05) is 21.1 Å². The molecule has 0 saturated carbocycles. The summed E-state index contributed by atoms with van der Waals surface area (Å²) in [6, 6.07) is 4.23. The fraction of sp³-hybridized carbons (Fsp3) is 0.333. The fourth-order valence-corrected chi connectivity index (χ4v) is 2.00. The van der Waals surface area contributed by atoms with Crippen LogP contribution in [0.15, 0.2) is 28.9 Å². The summed E-state index contributed by atoms with van der Waals surface area (Å²) >= 11 is 3.17. The molecule has 19 heavy (non-hydrogen) atoms. The van der Waals surface area contributed by atoms with E-state index in [1.165, 1.54) is 16.8 Å². The molecule has 1 aromatic heterocycles. The van der Waals surface area contributed by atoms with Crippen LogP contribution in [-0.4, -0.2) is 32.8 Å². The first-order valence-corrected chi connectivity index (χ1v) is 6.46. The molecule has 1 heterocycles. The number of benzene rings is 1. The van der Waals surface area contributed by atoms with Crippen LogP contribution < -0.4 is 4.74 Å². The average molecular weight is 330 g/mol. The Morgan fingerprint density at radius 2 is 2.26 bits per heavy atom. The van der Waals surface area contributed by atoms with Crippen molar-refractivity contribution in [2.24, 2.45) is 0 Å². The van der Waals surface area contributed by atoms with Crippen LogP contribution in [0, 0.1) is 12.7 Å². The van der Waals surface area contributed by atoms with Gasteiger partial charge < -0.3 is 9.84 Å². The highest BCUT2D eigenvalue weighted by Gasteiger charge is 2.08. The molecule has 2 rings (SSSR count). The van der Waals surface area contributed by atoms with Gasteiger partial charge in [0.05, 0.1) is 12.2 Å². The molecule has 7 heteroatoms. The molecule has 1 unspecified atom stereocenters. The molecule has 0 spiro atoms. The normalized spacial score (nSPS) is 12.4. The second-order valence-electron chi connectivity index (χ2n) is 4.15. The topological polar surface area (TPSA) is 60.2 Å². The molecule has 0 bridgehead atoms. The van der Waals surface area contributed by atoms with Gasteiger partial charge in [0.2, 0.25) is 0 Å². The molecule has 0 aliphatic heterocycles. The summed E-state index contributed by atoms with van der Waals surface area (Å²) in [5.41, 5.74) is 0.780. The predicted octanol–water partition coefficient (Wildman–Crippen LogP) is 1.93. The van der Waals surface area contributed by atoms with Crippen molar-refractivity contribution in [3.8, 4) is 5.75 Å². The van der Waals surface area contributed by atoms with Crippen LogP contribution in [0.5, 0.6) is 5.75 Å². The summed E-state index contributed by atoms with van der Waals surface area (Å²) in [4.78, 5) is 0. The SMILES string of the molecule is Cc1cn(CC(O)COc2cc(F)cc(Br)c2)nn1. The molecule has 0 amide bonds. The third kappa shape index (κ3) is 4.29. The largest absolute Gasteiger partial charge is 0.491 e. The van der Waals surface area contributed by atoms with E-state index in [4.69, 9.17) is 4.74 Å². The molecule has 102 valence electrons. The minimum atomic E-state index is -0.747. The maximum atomic E-state index is 13.1. The van der Waals surface area contributed by atoms with Gasteiger partial charge in [-0.05, 0) is 19.1 Å². The predicted molar refractivity (Wildman–Crippen MR) is 70.4 cm³/mol. The summed E-state index contributed by atoms with van der Waals surface area (Å²) in [5, 5.41) is 17.4. The first-order chi connectivity index (χ1) is 9.02. The monoisotopic (exact) mass is 329 g/mol. The molecule has 5 nitrogen and oxygen atoms in total. The van der Waals surface area contributed by atoms with E-state index in [2.05, 4.69) is 26.2 Å². The van der Waals surface area contributed by atoms with Crippen LogP contribution in [0.3, 0.4) is 0 Å². The highest BCUT2D eigenvalue weighted by molar-refractivity contribution is 9.10. The third-order valence-corrected chi connectivity index (χ3v) is 2.79. The van der Waals surface area contributed by atoms with Gasteiger partial charge in [0, 0.05) is 16.7 Å². The van der Waals surface area contributed by atoms with Gasteiger partial charge in [-0.2, -0.15) is 0 Å². The summed E-state index contributed by atoms with van der Waals surface area (Å²) in [6.07, 6.45) is 0.977. The zero-order valence-corrected chi connectivity index (χ0v) is 11.8. The number of hydrogen-bond donors (Lipinski definition) is 1. The molecule has 0 radical (unpaired) electrons. The van der Waals surface area contributed by atoms with E-state index in [-0.39, 0.29) is 13.2 Å². The number of nitrogens with zero attached hydrogens (tertiary/aromatic N) is 3. The maximum Gasteiger partial charge on any atom is 0.128 e. The Kier molecular flexibility index (Phi) is 4.49. The smallest absolute Gasteiger partial charge is 0.128 e. The number of aromatic nitrogens is 3. The first kappa shape index (κ1) is 14.0. The van der Waals surface area contributed by atoms with E-state index < -0.39 is 11.9 Å². The third-order valence-electron chi connectivity index (χ3n) is 2.33. The van der Waals surface area contributed by atoms with Crippen LogP contribution >= 0.6 is 15.9 Å². The second-order valence-corrected chi connectivity index (χ2v) is 5.07. The van der Waals surface area contributed by atoms with Gasteiger partial charge in [-0.3, -0.25) is 0 Å². The summed E-state index contributed by atoms with van der Waals surface area (Å²) in [7, 11) is 0. The lowest BCUT2D eigenvalue weighted by atomic mass is 10.3. The van der Waals surface area contributed by atoms with Gasteiger partial charge in [0.1, 0.15) is 24.3 Å². The maximum absolute atomic E-state index is 13.1. The number of ether oxygens (including phenoxy) is 1. The summed E-state index contributed by atoms with van der Waals surface area (Å²) in [6.45, 7) is 2.14. The second kappa shape index (κ2) is 6.12. The molecule has 1 N–H and O–H groups in total. The van der Waals surface area contributed by atoms with Crippen LogP contribution in [0.1, 0.15) is 5.69 Å². The van der Waals surface area contributed by atoms with Crippen LogP contribution in [0.25, 0.3) is 0 Å². The zero-order chi connectivity index (χ0) is 13.8. The Morgan fingerprint density at radius 3 is 2.89 bits per heavy atom. The van der Waals surface area contributed by atoms with E-state index >= 15 is 0 Å². The molecule has 1 atom stereocenters. The lowest BCUT2D eigenvalue weighted by Crippen LogP contribution is -2.24. The zero-order valence-electron chi connectivity index (χ0n) is 10.3. The van der Waals surface area contributed by atoms with Crippen molar-refractivity contribution < 1.29 is 14.2 Å². The van der Waals surface area contributed by atoms with Gasteiger partial charge in [0.25, 0.3) is 0 Å². The molecule has 0 aliphatic rings. The van der Waals surface area contributed by atoms with Crippen LogP contribution in [-0.2, 0) is 6.54 Å². The Bertz CT molecular complexity index is 541. The summed E-state index contributed by atoms with van der Waals surface area (Å²) < 4.78 is 20.6. The van der Waals surface area contributed by atoms with E-state index in [0.717, 1.165) is 5.69 Å². The number of halogens is 2. The number of hydrogen-bond acceptors (Lipinski definition) is 4. The van der Waals surface area contributed by atoms with Crippen LogP contribution in [0.4, 0.5) is 4.39 Å². The number of aryl methyl sites for hydroxylation is 1. The Balaban J connectivity index is 1.87. The van der Waals surface area contributed by atoms with Gasteiger partial charge in [-0.15, -0.1) is 5.10 Å². The quantitative estimate of drug-likeness (QED) is 0.910. The minimum Gasteiger partial charge on any atom is -0.491 e.